The zero-order valence-corrected chi connectivity index (χ0v) is 19.3. The molecular formula is C22H23FN4O3S2. The number of ether oxygens (including phenoxy) is 1. The van der Waals surface area contributed by atoms with Crippen LogP contribution in [0.3, 0.4) is 0 Å². The highest BCUT2D eigenvalue weighted by molar-refractivity contribution is 7.99. The summed E-state index contributed by atoms with van der Waals surface area (Å²) in [7, 11) is 0. The lowest BCUT2D eigenvalue weighted by Crippen LogP contribution is -2.24. The van der Waals surface area contributed by atoms with Gasteiger partial charge in [0, 0.05) is 18.0 Å². The molecule has 168 valence electrons. The second kappa shape index (κ2) is 11.6. The number of thioether (sulfide) groups is 1. The van der Waals surface area contributed by atoms with Crippen molar-refractivity contribution < 1.29 is 18.7 Å². The molecule has 1 heterocycles. The van der Waals surface area contributed by atoms with Crippen LogP contribution in [0.15, 0.2) is 48.5 Å². The van der Waals surface area contributed by atoms with E-state index in [-0.39, 0.29) is 22.8 Å². The van der Waals surface area contributed by atoms with Gasteiger partial charge in [-0.25, -0.2) is 4.39 Å². The molecule has 32 heavy (non-hydrogen) atoms. The quantitative estimate of drug-likeness (QED) is 0.456. The van der Waals surface area contributed by atoms with E-state index in [9.17, 15) is 14.0 Å². The van der Waals surface area contributed by atoms with E-state index in [4.69, 9.17) is 4.74 Å². The number of aromatic nitrogens is 2. The van der Waals surface area contributed by atoms with Crippen molar-refractivity contribution >= 4 is 40.6 Å². The first-order valence-corrected chi connectivity index (χ1v) is 11.9. The van der Waals surface area contributed by atoms with Gasteiger partial charge in [-0.05, 0) is 49.7 Å². The molecule has 0 aliphatic carbocycles. The summed E-state index contributed by atoms with van der Waals surface area (Å²) < 4.78 is 18.8. The van der Waals surface area contributed by atoms with Gasteiger partial charge in [-0.2, -0.15) is 0 Å². The molecule has 1 aromatic heterocycles. The van der Waals surface area contributed by atoms with E-state index >= 15 is 0 Å². The Bertz CT molecular complexity index is 1060. The predicted octanol–water partition coefficient (Wildman–Crippen LogP) is 4.27. The predicted molar refractivity (Wildman–Crippen MR) is 124 cm³/mol. The molecule has 2 amide bonds. The first-order valence-electron chi connectivity index (χ1n) is 9.88. The Morgan fingerprint density at radius 1 is 1.16 bits per heavy atom. The Kier molecular flexibility index (Phi) is 8.57. The van der Waals surface area contributed by atoms with Crippen molar-refractivity contribution in [1.29, 1.82) is 0 Å². The number of rotatable bonds is 10. The fourth-order valence-electron chi connectivity index (χ4n) is 2.60. The van der Waals surface area contributed by atoms with E-state index in [1.54, 1.807) is 6.07 Å². The topological polar surface area (TPSA) is 93.2 Å². The average molecular weight is 475 g/mol. The monoisotopic (exact) mass is 474 g/mol. The summed E-state index contributed by atoms with van der Waals surface area (Å²) in [6, 6.07) is 13.2. The molecule has 10 heteroatoms. The number of nitrogens with one attached hydrogen (secondary N) is 2. The lowest BCUT2D eigenvalue weighted by atomic mass is 10.2. The van der Waals surface area contributed by atoms with Gasteiger partial charge in [0.25, 0.3) is 5.91 Å². The van der Waals surface area contributed by atoms with Crippen LogP contribution in [0.1, 0.15) is 34.2 Å². The lowest BCUT2D eigenvalue weighted by molar-refractivity contribution is -0.118. The zero-order valence-electron chi connectivity index (χ0n) is 17.6. The first kappa shape index (κ1) is 23.7. The van der Waals surface area contributed by atoms with Crippen LogP contribution in [-0.2, 0) is 17.1 Å². The summed E-state index contributed by atoms with van der Waals surface area (Å²) in [5.74, 6) is 0.538. The van der Waals surface area contributed by atoms with Gasteiger partial charge in [-0.1, -0.05) is 29.5 Å². The van der Waals surface area contributed by atoms with Crippen molar-refractivity contribution in [2.45, 2.75) is 32.2 Å². The minimum Gasteiger partial charge on any atom is -0.491 e. The van der Waals surface area contributed by atoms with Crippen molar-refractivity contribution in [3.63, 3.8) is 0 Å². The van der Waals surface area contributed by atoms with E-state index in [1.807, 2.05) is 38.1 Å². The van der Waals surface area contributed by atoms with E-state index in [0.717, 1.165) is 22.6 Å². The summed E-state index contributed by atoms with van der Waals surface area (Å²) in [6.07, 6.45) is 0.115. The Morgan fingerprint density at radius 2 is 1.94 bits per heavy atom. The molecule has 0 radical (unpaired) electrons. The maximum Gasteiger partial charge on any atom is 0.286 e. The van der Waals surface area contributed by atoms with Crippen molar-refractivity contribution in [3.05, 3.63) is 69.9 Å². The minimum atomic E-state index is -0.452. The number of nitrogens with zero attached hydrogens (tertiary/aromatic N) is 2. The Morgan fingerprint density at radius 3 is 2.66 bits per heavy atom. The van der Waals surface area contributed by atoms with Crippen molar-refractivity contribution in [3.8, 4) is 5.75 Å². The van der Waals surface area contributed by atoms with Crippen LogP contribution in [0.5, 0.6) is 5.75 Å². The standard InChI is InChI=1S/C22H23FN4O3S2/c1-14(2)30-18-8-6-15(7-9-18)11-24-19(28)12-31-13-20-26-27-22(32-20)21(29)25-17-5-3-4-16(23)10-17/h3-10,14H,11-13H2,1-2H3,(H,24,28)(H,25,29). The van der Waals surface area contributed by atoms with Crippen LogP contribution in [0, 0.1) is 5.82 Å². The number of benzene rings is 2. The fourth-order valence-corrected chi connectivity index (χ4v) is 4.23. The third-order valence-corrected chi connectivity index (χ3v) is 6.04. The smallest absolute Gasteiger partial charge is 0.286 e. The highest BCUT2D eigenvalue weighted by Gasteiger charge is 2.14. The summed E-state index contributed by atoms with van der Waals surface area (Å²) in [5, 5.41) is 14.1. The molecule has 0 unspecified atom stereocenters. The first-order chi connectivity index (χ1) is 15.4. The Hall–Kier alpha value is -2.98. The molecule has 0 atom stereocenters. The lowest BCUT2D eigenvalue weighted by Gasteiger charge is -2.10. The van der Waals surface area contributed by atoms with E-state index < -0.39 is 11.7 Å². The van der Waals surface area contributed by atoms with Gasteiger partial charge < -0.3 is 15.4 Å². The van der Waals surface area contributed by atoms with Gasteiger partial charge in [-0.15, -0.1) is 22.0 Å². The fraction of sp³-hybridized carbons (Fsp3) is 0.273. The van der Waals surface area contributed by atoms with Gasteiger partial charge >= 0.3 is 0 Å². The second-order valence-corrected chi connectivity index (χ2v) is 9.09. The molecule has 3 rings (SSSR count). The van der Waals surface area contributed by atoms with E-state index in [1.165, 1.54) is 30.0 Å². The molecule has 0 bridgehead atoms. The zero-order chi connectivity index (χ0) is 22.9. The van der Waals surface area contributed by atoms with Crippen molar-refractivity contribution in [2.24, 2.45) is 0 Å². The van der Waals surface area contributed by atoms with E-state index in [0.29, 0.717) is 23.0 Å². The van der Waals surface area contributed by atoms with Crippen LogP contribution in [-0.4, -0.2) is 33.9 Å². The highest BCUT2D eigenvalue weighted by atomic mass is 32.2. The molecule has 0 aliphatic rings. The normalized spacial score (nSPS) is 10.8. The highest BCUT2D eigenvalue weighted by Crippen LogP contribution is 2.19. The molecular weight excluding hydrogens is 451 g/mol. The van der Waals surface area contributed by atoms with Gasteiger partial charge in [0.05, 0.1) is 11.9 Å². The Balaban J connectivity index is 1.38. The van der Waals surface area contributed by atoms with Gasteiger partial charge in [-0.3, -0.25) is 9.59 Å². The summed E-state index contributed by atoms with van der Waals surface area (Å²) in [5.41, 5.74) is 1.33. The molecule has 0 saturated heterocycles. The molecule has 3 aromatic rings. The number of halogens is 1. The number of amides is 2. The maximum atomic E-state index is 13.2. The SMILES string of the molecule is CC(C)Oc1ccc(CNC(=O)CSCc2nnc(C(=O)Nc3cccc(F)c3)s2)cc1. The average Bonchev–Trinajstić information content (AvgIpc) is 3.22. The van der Waals surface area contributed by atoms with Gasteiger partial charge in [0.2, 0.25) is 10.9 Å². The third-order valence-electron chi connectivity index (χ3n) is 3.99. The van der Waals surface area contributed by atoms with Crippen LogP contribution in [0.2, 0.25) is 0 Å². The Labute approximate surface area is 193 Å². The molecule has 2 N–H and O–H groups in total. The summed E-state index contributed by atoms with van der Waals surface area (Å²) in [4.78, 5) is 24.3. The number of hydrogen-bond donors (Lipinski definition) is 2. The van der Waals surface area contributed by atoms with Crippen LogP contribution >= 0.6 is 23.1 Å². The molecule has 0 spiro atoms. The van der Waals surface area contributed by atoms with Crippen molar-refractivity contribution in [1.82, 2.24) is 15.5 Å². The molecule has 0 aliphatic heterocycles. The number of anilines is 1. The number of hydrogen-bond acceptors (Lipinski definition) is 7. The third kappa shape index (κ3) is 7.61. The minimum absolute atomic E-state index is 0.0916. The molecule has 0 fully saturated rings. The number of carbonyl (C=O) groups excluding carboxylic acids is 2. The molecule has 0 saturated carbocycles. The second-order valence-electron chi connectivity index (χ2n) is 7.05. The maximum absolute atomic E-state index is 13.2. The number of carbonyl (C=O) groups is 2. The van der Waals surface area contributed by atoms with Crippen molar-refractivity contribution in [2.75, 3.05) is 11.1 Å². The summed E-state index contributed by atoms with van der Waals surface area (Å²) >= 11 is 2.52. The molecule has 2 aromatic carbocycles. The van der Waals surface area contributed by atoms with Crippen LogP contribution in [0.25, 0.3) is 0 Å². The largest absolute Gasteiger partial charge is 0.491 e. The van der Waals surface area contributed by atoms with Crippen LogP contribution in [0.4, 0.5) is 10.1 Å². The molecule has 7 nitrogen and oxygen atoms in total. The van der Waals surface area contributed by atoms with Gasteiger partial charge in [0.1, 0.15) is 16.6 Å². The van der Waals surface area contributed by atoms with Gasteiger partial charge in [0.15, 0.2) is 0 Å². The summed E-state index contributed by atoms with van der Waals surface area (Å²) in [6.45, 7) is 4.37. The van der Waals surface area contributed by atoms with Crippen LogP contribution < -0.4 is 15.4 Å². The van der Waals surface area contributed by atoms with E-state index in [2.05, 4.69) is 20.8 Å².